The van der Waals surface area contributed by atoms with Crippen LogP contribution in [0.4, 0.5) is 10.1 Å². The summed E-state index contributed by atoms with van der Waals surface area (Å²) in [4.78, 5) is 11.6. The molecule has 1 N–H and O–H groups in total. The second kappa shape index (κ2) is 4.76. The Morgan fingerprint density at radius 1 is 1.38 bits per heavy atom. The van der Waals surface area contributed by atoms with E-state index in [-0.39, 0.29) is 5.91 Å². The minimum absolute atomic E-state index is 0.233. The van der Waals surface area contributed by atoms with E-state index in [0.29, 0.717) is 15.7 Å². The van der Waals surface area contributed by atoms with Crippen LogP contribution in [0.5, 0.6) is 0 Å². The zero-order chi connectivity index (χ0) is 11.5. The molecule has 0 saturated carbocycles. The highest BCUT2D eigenvalue weighted by molar-refractivity contribution is 9.10. The largest absolute Gasteiger partial charge is 0.322 e. The van der Waals surface area contributed by atoms with Gasteiger partial charge in [0.1, 0.15) is 5.82 Å². The first kappa shape index (κ1) is 11.3. The van der Waals surface area contributed by atoms with Crippen molar-refractivity contribution in [2.75, 3.05) is 5.32 Å². The fraction of sp³-hybridized carbons (Fsp3) is 0. The molecular formula is C11H7BrFNOS. The summed E-state index contributed by atoms with van der Waals surface area (Å²) in [5.41, 5.74) is 1.02. The Kier molecular flexibility index (Phi) is 3.36. The highest BCUT2D eigenvalue weighted by atomic mass is 79.9. The minimum atomic E-state index is -0.400. The Bertz CT molecular complexity index is 513. The first-order valence-electron chi connectivity index (χ1n) is 4.45. The zero-order valence-corrected chi connectivity index (χ0v) is 10.4. The summed E-state index contributed by atoms with van der Waals surface area (Å²) < 4.78 is 13.6. The van der Waals surface area contributed by atoms with Gasteiger partial charge in [-0.3, -0.25) is 4.79 Å². The first-order chi connectivity index (χ1) is 7.66. The van der Waals surface area contributed by atoms with Gasteiger partial charge in [0.25, 0.3) is 5.91 Å². The van der Waals surface area contributed by atoms with Crippen molar-refractivity contribution in [3.05, 3.63) is 50.9 Å². The lowest BCUT2D eigenvalue weighted by Crippen LogP contribution is -2.10. The molecule has 0 radical (unpaired) electrons. The second-order valence-corrected chi connectivity index (χ2v) is 4.73. The van der Waals surface area contributed by atoms with Crippen LogP contribution in [0.2, 0.25) is 0 Å². The van der Waals surface area contributed by atoms with Gasteiger partial charge in [0, 0.05) is 11.1 Å². The van der Waals surface area contributed by atoms with E-state index in [1.807, 2.05) is 5.38 Å². The lowest BCUT2D eigenvalue weighted by molar-refractivity contribution is 0.102. The average Bonchev–Trinajstić information content (AvgIpc) is 2.77. The van der Waals surface area contributed by atoms with Gasteiger partial charge in [-0.2, -0.15) is 11.3 Å². The topological polar surface area (TPSA) is 29.1 Å². The van der Waals surface area contributed by atoms with Gasteiger partial charge in [0.2, 0.25) is 0 Å². The van der Waals surface area contributed by atoms with Crippen LogP contribution in [-0.2, 0) is 0 Å². The molecule has 1 aromatic carbocycles. The predicted octanol–water partition coefficient (Wildman–Crippen LogP) is 3.90. The van der Waals surface area contributed by atoms with Crippen LogP contribution in [0.25, 0.3) is 0 Å². The van der Waals surface area contributed by atoms with E-state index < -0.39 is 5.82 Å². The summed E-state index contributed by atoms with van der Waals surface area (Å²) in [5, 5.41) is 6.18. The van der Waals surface area contributed by atoms with Gasteiger partial charge < -0.3 is 5.32 Å². The number of carbonyl (C=O) groups excluding carboxylic acids is 1. The molecule has 0 atom stereocenters. The molecule has 0 aliphatic rings. The van der Waals surface area contributed by atoms with Gasteiger partial charge in [0.05, 0.1) is 10.0 Å². The minimum Gasteiger partial charge on any atom is -0.322 e. The highest BCUT2D eigenvalue weighted by Gasteiger charge is 2.07. The molecule has 2 rings (SSSR count). The first-order valence-corrected chi connectivity index (χ1v) is 6.19. The summed E-state index contributed by atoms with van der Waals surface area (Å²) in [7, 11) is 0. The van der Waals surface area contributed by atoms with Crippen LogP contribution in [0.1, 0.15) is 10.4 Å². The van der Waals surface area contributed by atoms with Crippen LogP contribution in [0, 0.1) is 5.82 Å². The standard InChI is InChI=1S/C11H7BrFNOS/c12-9-2-1-8(5-10(9)13)14-11(15)7-3-4-16-6-7/h1-6H,(H,14,15). The summed E-state index contributed by atoms with van der Waals surface area (Å²) in [6.45, 7) is 0. The number of rotatable bonds is 2. The number of thiophene rings is 1. The number of nitrogens with one attached hydrogen (secondary N) is 1. The molecule has 5 heteroatoms. The van der Waals surface area contributed by atoms with Crippen LogP contribution in [0.3, 0.4) is 0 Å². The second-order valence-electron chi connectivity index (χ2n) is 3.10. The summed E-state index contributed by atoms with van der Waals surface area (Å²) in [6, 6.07) is 6.18. The van der Waals surface area contributed by atoms with Gasteiger partial charge in [-0.25, -0.2) is 4.39 Å². The molecule has 2 nitrogen and oxygen atoms in total. The number of anilines is 1. The van der Waals surface area contributed by atoms with E-state index in [2.05, 4.69) is 21.2 Å². The molecule has 0 fully saturated rings. The van der Waals surface area contributed by atoms with Crippen LogP contribution in [-0.4, -0.2) is 5.91 Å². The summed E-state index contributed by atoms with van der Waals surface area (Å²) in [5.74, 6) is -0.633. The van der Waals surface area contributed by atoms with Crippen molar-refractivity contribution >= 4 is 38.9 Å². The van der Waals surface area contributed by atoms with Crippen LogP contribution >= 0.6 is 27.3 Å². The monoisotopic (exact) mass is 299 g/mol. The van der Waals surface area contributed by atoms with Crippen molar-refractivity contribution in [1.82, 2.24) is 0 Å². The predicted molar refractivity (Wildman–Crippen MR) is 66.4 cm³/mol. The Labute approximate surface area is 104 Å². The molecule has 82 valence electrons. The average molecular weight is 300 g/mol. The van der Waals surface area contributed by atoms with Crippen molar-refractivity contribution in [2.24, 2.45) is 0 Å². The Morgan fingerprint density at radius 2 is 2.19 bits per heavy atom. The molecule has 1 heterocycles. The maximum absolute atomic E-state index is 13.2. The van der Waals surface area contributed by atoms with Gasteiger partial charge in [-0.15, -0.1) is 0 Å². The molecule has 1 aromatic heterocycles. The fourth-order valence-electron chi connectivity index (χ4n) is 1.17. The van der Waals surface area contributed by atoms with Gasteiger partial charge in [-0.1, -0.05) is 0 Å². The molecule has 0 bridgehead atoms. The van der Waals surface area contributed by atoms with Gasteiger partial charge in [0.15, 0.2) is 0 Å². The van der Waals surface area contributed by atoms with Crippen molar-refractivity contribution in [3.8, 4) is 0 Å². The van der Waals surface area contributed by atoms with E-state index in [0.717, 1.165) is 0 Å². The third kappa shape index (κ3) is 2.48. The number of halogens is 2. The highest BCUT2D eigenvalue weighted by Crippen LogP contribution is 2.20. The van der Waals surface area contributed by atoms with Crippen molar-refractivity contribution < 1.29 is 9.18 Å². The molecule has 1 amide bonds. The Morgan fingerprint density at radius 3 is 2.81 bits per heavy atom. The quantitative estimate of drug-likeness (QED) is 0.895. The number of carbonyl (C=O) groups is 1. The smallest absolute Gasteiger partial charge is 0.256 e. The SMILES string of the molecule is O=C(Nc1ccc(Br)c(F)c1)c1ccsc1. The Hall–Kier alpha value is -1.20. The zero-order valence-electron chi connectivity index (χ0n) is 8.04. The molecule has 0 saturated heterocycles. The van der Waals surface area contributed by atoms with E-state index in [1.54, 1.807) is 23.6 Å². The number of hydrogen-bond acceptors (Lipinski definition) is 2. The molecule has 0 aliphatic heterocycles. The van der Waals surface area contributed by atoms with E-state index in [9.17, 15) is 9.18 Å². The third-order valence-electron chi connectivity index (χ3n) is 1.96. The number of amides is 1. The lowest BCUT2D eigenvalue weighted by Gasteiger charge is -2.04. The third-order valence-corrected chi connectivity index (χ3v) is 3.29. The molecule has 0 spiro atoms. The summed E-state index contributed by atoms with van der Waals surface area (Å²) in [6.07, 6.45) is 0. The van der Waals surface area contributed by atoms with E-state index in [1.165, 1.54) is 17.4 Å². The Balaban J connectivity index is 2.15. The van der Waals surface area contributed by atoms with E-state index >= 15 is 0 Å². The van der Waals surface area contributed by atoms with Crippen molar-refractivity contribution in [3.63, 3.8) is 0 Å². The molecule has 2 aromatic rings. The van der Waals surface area contributed by atoms with Crippen molar-refractivity contribution in [2.45, 2.75) is 0 Å². The lowest BCUT2D eigenvalue weighted by atomic mass is 10.2. The van der Waals surface area contributed by atoms with Gasteiger partial charge in [-0.05, 0) is 45.6 Å². The summed E-state index contributed by atoms with van der Waals surface area (Å²) >= 11 is 4.49. The van der Waals surface area contributed by atoms with Crippen LogP contribution in [0.15, 0.2) is 39.5 Å². The maximum atomic E-state index is 13.2. The van der Waals surface area contributed by atoms with Gasteiger partial charge >= 0.3 is 0 Å². The molecular weight excluding hydrogens is 293 g/mol. The van der Waals surface area contributed by atoms with E-state index in [4.69, 9.17) is 0 Å². The molecule has 0 aliphatic carbocycles. The number of benzene rings is 1. The van der Waals surface area contributed by atoms with Crippen molar-refractivity contribution in [1.29, 1.82) is 0 Å². The number of hydrogen-bond donors (Lipinski definition) is 1. The maximum Gasteiger partial charge on any atom is 0.256 e. The molecule has 0 unspecified atom stereocenters. The fourth-order valence-corrected chi connectivity index (χ4v) is 2.05. The normalized spacial score (nSPS) is 10.1. The molecule has 16 heavy (non-hydrogen) atoms. The van der Waals surface area contributed by atoms with Crippen LogP contribution < -0.4 is 5.32 Å².